The third-order valence-electron chi connectivity index (χ3n) is 7.95. The zero-order chi connectivity index (χ0) is 20.7. The minimum atomic E-state index is -0.413. The van der Waals surface area contributed by atoms with E-state index in [0.717, 1.165) is 23.3 Å². The van der Waals surface area contributed by atoms with Crippen LogP contribution in [-0.2, 0) is 11.2 Å². The van der Waals surface area contributed by atoms with Crippen LogP contribution in [0.25, 0.3) is 0 Å². The number of aliphatic hydroxyl groups excluding tert-OH is 2. The second-order valence-electron chi connectivity index (χ2n) is 10.1. The van der Waals surface area contributed by atoms with Crippen LogP contribution in [0.1, 0.15) is 84.8 Å². The van der Waals surface area contributed by atoms with Crippen LogP contribution in [0, 0.1) is 12.3 Å². The third kappa shape index (κ3) is 3.95. The molecule has 2 aromatic carbocycles. The van der Waals surface area contributed by atoms with Gasteiger partial charge in [0.05, 0.1) is 24.9 Å². The van der Waals surface area contributed by atoms with E-state index >= 15 is 0 Å². The average molecular weight is 407 g/mol. The van der Waals surface area contributed by atoms with Crippen molar-refractivity contribution in [1.82, 2.24) is 0 Å². The Morgan fingerprint density at radius 2 is 1.73 bits per heavy atom. The monoisotopic (exact) mass is 406 g/mol. The number of ether oxygens (including phenoxy) is 1. The standard InChI is InChI=1S/C27H34O3/c1-18-3-6-21(26-14-24(29)13-25(17-28)30-26)12-22(18)11-19-4-7-20(8-5-19)23-15-27(16-23)9-2-10-27/h3-8,12,23-26,28-29H,2,9-11,13-17H2,1H3. The van der Waals surface area contributed by atoms with Gasteiger partial charge in [0.2, 0.25) is 0 Å². The van der Waals surface area contributed by atoms with Crippen molar-refractivity contribution in [2.24, 2.45) is 5.41 Å². The highest BCUT2D eigenvalue weighted by Gasteiger charge is 2.48. The zero-order valence-electron chi connectivity index (χ0n) is 18.0. The molecule has 2 saturated carbocycles. The molecule has 3 fully saturated rings. The van der Waals surface area contributed by atoms with E-state index < -0.39 is 6.10 Å². The lowest BCUT2D eigenvalue weighted by molar-refractivity contribution is -0.113. The molecule has 160 valence electrons. The van der Waals surface area contributed by atoms with Crippen LogP contribution in [-0.4, -0.2) is 29.0 Å². The summed E-state index contributed by atoms with van der Waals surface area (Å²) in [5.41, 5.74) is 7.27. The molecule has 3 aliphatic rings. The predicted octanol–water partition coefficient (Wildman–Crippen LogP) is 5.21. The average Bonchev–Trinajstić information content (AvgIpc) is 2.68. The lowest BCUT2D eigenvalue weighted by Crippen LogP contribution is -2.41. The Kier molecular flexibility index (Phi) is 5.47. The highest BCUT2D eigenvalue weighted by atomic mass is 16.5. The molecule has 2 N–H and O–H groups in total. The molecular weight excluding hydrogens is 372 g/mol. The maximum absolute atomic E-state index is 10.2. The molecule has 30 heavy (non-hydrogen) atoms. The van der Waals surface area contributed by atoms with Gasteiger partial charge in [-0.1, -0.05) is 48.9 Å². The molecule has 0 radical (unpaired) electrons. The number of rotatable bonds is 5. The van der Waals surface area contributed by atoms with Crippen molar-refractivity contribution in [2.75, 3.05) is 6.61 Å². The smallest absolute Gasteiger partial charge is 0.0854 e. The van der Waals surface area contributed by atoms with Gasteiger partial charge in [-0.25, -0.2) is 0 Å². The summed E-state index contributed by atoms with van der Waals surface area (Å²) in [4.78, 5) is 0. The van der Waals surface area contributed by atoms with Gasteiger partial charge in [-0.3, -0.25) is 0 Å². The number of aryl methyl sites for hydroxylation is 1. The molecule has 1 spiro atoms. The summed E-state index contributed by atoms with van der Waals surface area (Å²) >= 11 is 0. The van der Waals surface area contributed by atoms with Crippen LogP contribution in [0.4, 0.5) is 0 Å². The fourth-order valence-electron chi connectivity index (χ4n) is 5.84. The highest BCUT2D eigenvalue weighted by Crippen LogP contribution is 2.61. The molecule has 2 aromatic rings. The van der Waals surface area contributed by atoms with Gasteiger partial charge in [0.15, 0.2) is 0 Å². The van der Waals surface area contributed by atoms with Gasteiger partial charge >= 0.3 is 0 Å². The van der Waals surface area contributed by atoms with E-state index in [-0.39, 0.29) is 18.8 Å². The van der Waals surface area contributed by atoms with Crippen LogP contribution in [0.3, 0.4) is 0 Å². The van der Waals surface area contributed by atoms with Crippen molar-refractivity contribution in [3.05, 3.63) is 70.3 Å². The van der Waals surface area contributed by atoms with Crippen molar-refractivity contribution in [3.8, 4) is 0 Å². The molecular formula is C27H34O3. The molecule has 1 saturated heterocycles. The number of aliphatic hydroxyl groups is 2. The summed E-state index contributed by atoms with van der Waals surface area (Å²) in [5.74, 6) is 0.777. The Balaban J connectivity index is 1.27. The van der Waals surface area contributed by atoms with E-state index in [1.807, 2.05) is 0 Å². The summed E-state index contributed by atoms with van der Waals surface area (Å²) in [6.45, 7) is 2.12. The lowest BCUT2D eigenvalue weighted by Gasteiger charge is -2.54. The van der Waals surface area contributed by atoms with Gasteiger partial charge in [0.1, 0.15) is 0 Å². The third-order valence-corrected chi connectivity index (χ3v) is 7.95. The van der Waals surface area contributed by atoms with E-state index in [1.54, 1.807) is 0 Å². The first-order valence-corrected chi connectivity index (χ1v) is 11.7. The van der Waals surface area contributed by atoms with Gasteiger partial charge in [-0.05, 0) is 78.2 Å². The molecule has 3 heteroatoms. The first-order valence-electron chi connectivity index (χ1n) is 11.7. The van der Waals surface area contributed by atoms with Crippen molar-refractivity contribution in [2.45, 2.75) is 82.5 Å². The molecule has 0 bridgehead atoms. The maximum Gasteiger partial charge on any atom is 0.0854 e. The van der Waals surface area contributed by atoms with Gasteiger partial charge in [-0.2, -0.15) is 0 Å². The van der Waals surface area contributed by atoms with Crippen molar-refractivity contribution in [1.29, 1.82) is 0 Å². The molecule has 3 atom stereocenters. The summed E-state index contributed by atoms with van der Waals surface area (Å²) in [5, 5.41) is 19.6. The molecule has 1 heterocycles. The van der Waals surface area contributed by atoms with Gasteiger partial charge in [0, 0.05) is 12.8 Å². The minimum Gasteiger partial charge on any atom is -0.394 e. The quantitative estimate of drug-likeness (QED) is 0.717. The second kappa shape index (κ2) is 8.11. The van der Waals surface area contributed by atoms with Crippen LogP contribution in [0.15, 0.2) is 42.5 Å². The zero-order valence-corrected chi connectivity index (χ0v) is 18.0. The number of hydrogen-bond acceptors (Lipinski definition) is 3. The van der Waals surface area contributed by atoms with E-state index in [2.05, 4.69) is 49.4 Å². The Morgan fingerprint density at radius 3 is 2.40 bits per heavy atom. The van der Waals surface area contributed by atoms with E-state index in [1.165, 1.54) is 54.4 Å². The summed E-state index contributed by atoms with van der Waals surface area (Å²) in [6, 6.07) is 15.8. The predicted molar refractivity (Wildman–Crippen MR) is 119 cm³/mol. The SMILES string of the molecule is Cc1ccc(C2CC(O)CC(CO)O2)cc1Cc1ccc(C2CC3(CCC3)C2)cc1. The fourth-order valence-corrected chi connectivity index (χ4v) is 5.84. The fraction of sp³-hybridized carbons (Fsp3) is 0.556. The van der Waals surface area contributed by atoms with E-state index in [9.17, 15) is 10.2 Å². The molecule has 5 rings (SSSR count). The first kappa shape index (κ1) is 20.2. The molecule has 0 amide bonds. The van der Waals surface area contributed by atoms with Crippen molar-refractivity contribution < 1.29 is 14.9 Å². The Bertz CT molecular complexity index is 875. The van der Waals surface area contributed by atoms with Crippen molar-refractivity contribution >= 4 is 0 Å². The molecule has 3 unspecified atom stereocenters. The molecule has 2 aliphatic carbocycles. The normalized spacial score (nSPS) is 28.2. The first-order chi connectivity index (χ1) is 14.5. The molecule has 3 nitrogen and oxygen atoms in total. The highest BCUT2D eigenvalue weighted by molar-refractivity contribution is 5.38. The van der Waals surface area contributed by atoms with Crippen LogP contribution in [0.2, 0.25) is 0 Å². The molecule has 1 aliphatic heterocycles. The van der Waals surface area contributed by atoms with Gasteiger partial charge < -0.3 is 14.9 Å². The van der Waals surface area contributed by atoms with E-state index in [4.69, 9.17) is 4.74 Å². The lowest BCUT2D eigenvalue weighted by atomic mass is 9.51. The number of hydrogen-bond donors (Lipinski definition) is 2. The Labute approximate surface area is 180 Å². The van der Waals surface area contributed by atoms with Gasteiger partial charge in [-0.15, -0.1) is 0 Å². The summed E-state index contributed by atoms with van der Waals surface area (Å²) < 4.78 is 6.02. The summed E-state index contributed by atoms with van der Waals surface area (Å²) in [6.07, 6.45) is 8.33. The Morgan fingerprint density at radius 1 is 1.00 bits per heavy atom. The van der Waals surface area contributed by atoms with Crippen LogP contribution < -0.4 is 0 Å². The van der Waals surface area contributed by atoms with Crippen molar-refractivity contribution in [3.63, 3.8) is 0 Å². The maximum atomic E-state index is 10.2. The Hall–Kier alpha value is -1.68. The topological polar surface area (TPSA) is 49.7 Å². The molecule has 0 aromatic heterocycles. The van der Waals surface area contributed by atoms with Crippen LogP contribution in [0.5, 0.6) is 0 Å². The summed E-state index contributed by atoms with van der Waals surface area (Å²) in [7, 11) is 0. The second-order valence-corrected chi connectivity index (χ2v) is 10.1. The van der Waals surface area contributed by atoms with Gasteiger partial charge in [0.25, 0.3) is 0 Å². The minimum absolute atomic E-state index is 0.0409. The van der Waals surface area contributed by atoms with Crippen LogP contribution >= 0.6 is 0 Å². The number of benzene rings is 2. The van der Waals surface area contributed by atoms with E-state index in [0.29, 0.717) is 12.8 Å². The largest absolute Gasteiger partial charge is 0.394 e.